The summed E-state index contributed by atoms with van der Waals surface area (Å²) >= 11 is 0. The van der Waals surface area contributed by atoms with Crippen LogP contribution in [0, 0.1) is 6.92 Å². The number of anilines is 2. The lowest BCUT2D eigenvalue weighted by Crippen LogP contribution is -2.49. The molecule has 2 atom stereocenters. The molecule has 1 aliphatic heterocycles. The Kier molecular flexibility index (Phi) is 6.42. The first kappa shape index (κ1) is 20.7. The van der Waals surface area contributed by atoms with Crippen LogP contribution in [0.4, 0.5) is 11.4 Å². The topological polar surface area (TPSA) is 84.7 Å². The Morgan fingerprint density at radius 2 is 1.76 bits per heavy atom. The van der Waals surface area contributed by atoms with E-state index in [1.54, 1.807) is 36.4 Å². The summed E-state index contributed by atoms with van der Waals surface area (Å²) in [6.07, 6.45) is 3.23. The number of nitrogens with zero attached hydrogens (tertiary/aromatic N) is 1. The normalized spacial score (nSPS) is 18.9. The van der Waals surface area contributed by atoms with Crippen molar-refractivity contribution in [1.82, 2.24) is 4.90 Å². The average molecular weight is 396 g/mol. The molecule has 1 fully saturated rings. The number of ether oxygens (including phenoxy) is 1. The van der Waals surface area contributed by atoms with Gasteiger partial charge in [-0.3, -0.25) is 9.59 Å². The largest absolute Gasteiger partial charge is 0.484 e. The van der Waals surface area contributed by atoms with Crippen molar-refractivity contribution in [3.63, 3.8) is 0 Å². The number of hydrogen-bond donors (Lipinski definition) is 2. The lowest BCUT2D eigenvalue weighted by molar-refractivity contribution is -0.139. The van der Waals surface area contributed by atoms with Gasteiger partial charge < -0.3 is 20.7 Å². The first-order chi connectivity index (χ1) is 13.8. The molecule has 29 heavy (non-hydrogen) atoms. The Morgan fingerprint density at radius 1 is 1.10 bits per heavy atom. The first-order valence-electron chi connectivity index (χ1n) is 10.1. The van der Waals surface area contributed by atoms with Gasteiger partial charge in [0.2, 0.25) is 0 Å². The molecular formula is C23H29N3O3. The summed E-state index contributed by atoms with van der Waals surface area (Å²) in [7, 11) is 0. The van der Waals surface area contributed by atoms with Gasteiger partial charge in [-0.25, -0.2) is 0 Å². The Hall–Kier alpha value is -3.02. The average Bonchev–Trinajstić information content (AvgIpc) is 2.69. The molecule has 2 unspecified atom stereocenters. The second-order valence-electron chi connectivity index (χ2n) is 7.77. The monoisotopic (exact) mass is 395 g/mol. The Bertz CT molecular complexity index is 869. The van der Waals surface area contributed by atoms with Crippen molar-refractivity contribution >= 4 is 23.2 Å². The van der Waals surface area contributed by atoms with Gasteiger partial charge in [0.25, 0.3) is 11.8 Å². The van der Waals surface area contributed by atoms with Gasteiger partial charge in [-0.1, -0.05) is 6.07 Å². The van der Waals surface area contributed by atoms with Gasteiger partial charge in [-0.2, -0.15) is 0 Å². The number of nitrogen functional groups attached to an aromatic ring is 1. The fourth-order valence-corrected chi connectivity index (χ4v) is 3.80. The molecule has 2 amide bonds. The number of nitrogens with two attached hydrogens (primary N) is 1. The van der Waals surface area contributed by atoms with Gasteiger partial charge in [-0.05, 0) is 82.0 Å². The van der Waals surface area contributed by atoms with Gasteiger partial charge in [0.05, 0.1) is 0 Å². The molecule has 2 aromatic carbocycles. The highest BCUT2D eigenvalue weighted by Crippen LogP contribution is 2.23. The number of rotatable bonds is 5. The van der Waals surface area contributed by atoms with E-state index in [1.807, 2.05) is 17.9 Å². The maximum Gasteiger partial charge on any atom is 0.260 e. The molecule has 3 rings (SSSR count). The van der Waals surface area contributed by atoms with Crippen LogP contribution in [0.25, 0.3) is 0 Å². The van der Waals surface area contributed by atoms with Crippen molar-refractivity contribution in [2.24, 2.45) is 0 Å². The number of benzene rings is 2. The number of hydrogen-bond acceptors (Lipinski definition) is 4. The highest BCUT2D eigenvalue weighted by Gasteiger charge is 2.28. The molecule has 0 spiro atoms. The molecule has 154 valence electrons. The van der Waals surface area contributed by atoms with Gasteiger partial charge in [-0.15, -0.1) is 0 Å². The molecule has 6 nitrogen and oxygen atoms in total. The quantitative estimate of drug-likeness (QED) is 0.750. The molecule has 1 heterocycles. The number of carbonyl (C=O) groups excluding carboxylic acids is 2. The van der Waals surface area contributed by atoms with E-state index in [0.29, 0.717) is 22.7 Å². The molecular weight excluding hydrogens is 366 g/mol. The minimum absolute atomic E-state index is 0.00269. The van der Waals surface area contributed by atoms with Crippen molar-refractivity contribution in [1.29, 1.82) is 0 Å². The lowest BCUT2D eigenvalue weighted by Gasteiger charge is -2.38. The van der Waals surface area contributed by atoms with Crippen molar-refractivity contribution < 1.29 is 14.3 Å². The fourth-order valence-electron chi connectivity index (χ4n) is 3.80. The van der Waals surface area contributed by atoms with E-state index < -0.39 is 0 Å². The third-order valence-electron chi connectivity index (χ3n) is 5.47. The molecule has 0 aliphatic carbocycles. The van der Waals surface area contributed by atoms with Crippen LogP contribution in [-0.4, -0.2) is 35.4 Å². The molecule has 3 N–H and O–H groups in total. The van der Waals surface area contributed by atoms with Crippen molar-refractivity contribution in [2.75, 3.05) is 17.7 Å². The van der Waals surface area contributed by atoms with E-state index in [4.69, 9.17) is 10.5 Å². The van der Waals surface area contributed by atoms with Crippen LogP contribution >= 0.6 is 0 Å². The van der Waals surface area contributed by atoms with Gasteiger partial charge in [0, 0.05) is 29.0 Å². The van der Waals surface area contributed by atoms with Crippen LogP contribution in [0.5, 0.6) is 5.75 Å². The zero-order valence-corrected chi connectivity index (χ0v) is 17.3. The first-order valence-corrected chi connectivity index (χ1v) is 10.1. The van der Waals surface area contributed by atoms with Crippen LogP contribution in [0.1, 0.15) is 49.0 Å². The van der Waals surface area contributed by atoms with Crippen molar-refractivity contribution in [2.45, 2.75) is 52.1 Å². The van der Waals surface area contributed by atoms with E-state index in [-0.39, 0.29) is 30.5 Å². The van der Waals surface area contributed by atoms with E-state index in [0.717, 1.165) is 24.8 Å². The standard InChI is InChI=1S/C23H29N3O3/c1-15-7-10-19(24)13-21(15)25-23(28)18-8-11-20(12-9-18)29-14-22(27)26-16(2)5-4-6-17(26)3/h7-13,16-17H,4-6,14,24H2,1-3H3,(H,25,28). The molecule has 2 aromatic rings. The summed E-state index contributed by atoms with van der Waals surface area (Å²) in [4.78, 5) is 27.0. The van der Waals surface area contributed by atoms with Gasteiger partial charge >= 0.3 is 0 Å². The van der Waals surface area contributed by atoms with Crippen LogP contribution in [-0.2, 0) is 4.79 Å². The van der Waals surface area contributed by atoms with Crippen LogP contribution in [0.3, 0.4) is 0 Å². The number of nitrogens with one attached hydrogen (secondary N) is 1. The third kappa shape index (κ3) is 5.08. The summed E-state index contributed by atoms with van der Waals surface area (Å²) < 4.78 is 5.67. The van der Waals surface area contributed by atoms with Crippen LogP contribution < -0.4 is 15.8 Å². The Balaban J connectivity index is 1.57. The smallest absolute Gasteiger partial charge is 0.260 e. The maximum absolute atomic E-state index is 12.6. The van der Waals surface area contributed by atoms with E-state index in [1.165, 1.54) is 0 Å². The maximum atomic E-state index is 12.6. The Morgan fingerprint density at radius 3 is 2.41 bits per heavy atom. The van der Waals surface area contributed by atoms with E-state index in [2.05, 4.69) is 19.2 Å². The number of carbonyl (C=O) groups is 2. The third-order valence-corrected chi connectivity index (χ3v) is 5.47. The second kappa shape index (κ2) is 8.99. The molecule has 0 saturated carbocycles. The molecule has 1 saturated heterocycles. The van der Waals surface area contributed by atoms with Crippen molar-refractivity contribution in [3.8, 4) is 5.75 Å². The molecule has 1 aliphatic rings. The minimum atomic E-state index is -0.225. The van der Waals surface area contributed by atoms with Crippen LogP contribution in [0.2, 0.25) is 0 Å². The van der Waals surface area contributed by atoms with Crippen LogP contribution in [0.15, 0.2) is 42.5 Å². The van der Waals surface area contributed by atoms with Gasteiger partial charge in [0.15, 0.2) is 6.61 Å². The number of piperidine rings is 1. The zero-order valence-electron chi connectivity index (χ0n) is 17.3. The number of amides is 2. The van der Waals surface area contributed by atoms with Crippen molar-refractivity contribution in [3.05, 3.63) is 53.6 Å². The predicted molar refractivity (Wildman–Crippen MR) is 115 cm³/mol. The summed E-state index contributed by atoms with van der Waals surface area (Å²) in [5.74, 6) is 0.341. The highest BCUT2D eigenvalue weighted by atomic mass is 16.5. The summed E-state index contributed by atoms with van der Waals surface area (Å²) in [6.45, 7) is 6.09. The zero-order chi connectivity index (χ0) is 21.0. The summed E-state index contributed by atoms with van der Waals surface area (Å²) in [5, 5.41) is 2.87. The summed E-state index contributed by atoms with van der Waals surface area (Å²) in [5.41, 5.74) is 8.51. The minimum Gasteiger partial charge on any atom is -0.484 e. The second-order valence-corrected chi connectivity index (χ2v) is 7.77. The fraction of sp³-hybridized carbons (Fsp3) is 0.391. The number of aryl methyl sites for hydroxylation is 1. The summed E-state index contributed by atoms with van der Waals surface area (Å²) in [6, 6.07) is 12.7. The number of likely N-dealkylation sites (tertiary alicyclic amines) is 1. The molecule has 0 radical (unpaired) electrons. The Labute approximate surface area is 172 Å². The predicted octanol–water partition coefficient (Wildman–Crippen LogP) is 4.00. The lowest BCUT2D eigenvalue weighted by atomic mass is 9.97. The molecule has 6 heteroatoms. The molecule has 0 bridgehead atoms. The SMILES string of the molecule is Cc1ccc(N)cc1NC(=O)c1ccc(OCC(=O)N2C(C)CCCC2C)cc1. The van der Waals surface area contributed by atoms with Gasteiger partial charge in [0.1, 0.15) is 5.75 Å². The van der Waals surface area contributed by atoms with E-state index >= 15 is 0 Å². The highest BCUT2D eigenvalue weighted by molar-refractivity contribution is 6.04. The molecule has 0 aromatic heterocycles. The van der Waals surface area contributed by atoms with E-state index in [9.17, 15) is 9.59 Å².